The fourth-order valence-corrected chi connectivity index (χ4v) is 6.63. The third-order valence-corrected chi connectivity index (χ3v) is 9.12. The zero-order valence-electron chi connectivity index (χ0n) is 26.1. The second-order valence-electron chi connectivity index (χ2n) is 12.1. The molecule has 8 aromatic carbocycles. The van der Waals surface area contributed by atoms with E-state index in [1.807, 2.05) is 36.4 Å². The molecule has 0 saturated heterocycles. The third-order valence-electron chi connectivity index (χ3n) is 9.12. The SMILES string of the molecule is c1ccc(-c2ccc(-c3cccc(-c4nc(-c5ccccc5)nc(-c5ccc6ccc7c8ccccc8ccc7c6c5)n4)c3)cc2)cc1. The summed E-state index contributed by atoms with van der Waals surface area (Å²) in [7, 11) is 0. The molecule has 9 rings (SSSR count). The van der Waals surface area contributed by atoms with Gasteiger partial charge in [0.2, 0.25) is 0 Å². The van der Waals surface area contributed by atoms with E-state index >= 15 is 0 Å². The van der Waals surface area contributed by atoms with Crippen molar-refractivity contribution in [3.8, 4) is 56.4 Å². The molecule has 1 aromatic heterocycles. The lowest BCUT2D eigenvalue weighted by Crippen LogP contribution is -2.00. The van der Waals surface area contributed by atoms with E-state index in [4.69, 9.17) is 15.0 Å². The van der Waals surface area contributed by atoms with E-state index in [0.717, 1.165) is 27.8 Å². The lowest BCUT2D eigenvalue weighted by Gasteiger charge is -2.11. The predicted octanol–water partition coefficient (Wildman–Crippen LogP) is 11.7. The molecule has 0 atom stereocenters. The minimum absolute atomic E-state index is 0.644. The smallest absolute Gasteiger partial charge is 0.164 e. The van der Waals surface area contributed by atoms with Crippen molar-refractivity contribution < 1.29 is 0 Å². The van der Waals surface area contributed by atoms with Gasteiger partial charge in [0, 0.05) is 16.7 Å². The molecule has 0 aliphatic carbocycles. The third kappa shape index (κ3) is 5.08. The molecule has 48 heavy (non-hydrogen) atoms. The summed E-state index contributed by atoms with van der Waals surface area (Å²) >= 11 is 0. The summed E-state index contributed by atoms with van der Waals surface area (Å²) in [4.78, 5) is 15.1. The van der Waals surface area contributed by atoms with Crippen LogP contribution in [0.3, 0.4) is 0 Å². The predicted molar refractivity (Wildman–Crippen MR) is 200 cm³/mol. The number of benzene rings is 8. The molecule has 0 spiro atoms. The molecule has 0 saturated carbocycles. The molecule has 0 radical (unpaired) electrons. The van der Waals surface area contributed by atoms with Crippen LogP contribution in [-0.4, -0.2) is 15.0 Å². The average molecular weight is 612 g/mol. The lowest BCUT2D eigenvalue weighted by atomic mass is 9.96. The van der Waals surface area contributed by atoms with E-state index in [1.54, 1.807) is 0 Å². The van der Waals surface area contributed by atoms with Gasteiger partial charge < -0.3 is 0 Å². The first-order valence-electron chi connectivity index (χ1n) is 16.2. The Labute approximate surface area is 278 Å². The molecule has 3 heteroatoms. The Kier molecular flexibility index (Phi) is 6.80. The van der Waals surface area contributed by atoms with Crippen LogP contribution in [0.5, 0.6) is 0 Å². The summed E-state index contributed by atoms with van der Waals surface area (Å²) in [5, 5.41) is 7.32. The number of rotatable bonds is 5. The summed E-state index contributed by atoms with van der Waals surface area (Å²) in [5.41, 5.74) is 7.51. The number of nitrogens with zero attached hydrogens (tertiary/aromatic N) is 3. The number of fused-ring (bicyclic) bond motifs is 5. The highest BCUT2D eigenvalue weighted by Crippen LogP contribution is 2.34. The first kappa shape index (κ1) is 27.8. The molecule has 0 unspecified atom stereocenters. The van der Waals surface area contributed by atoms with Gasteiger partial charge in [-0.3, -0.25) is 0 Å². The molecule has 9 aromatic rings. The van der Waals surface area contributed by atoms with Gasteiger partial charge in [-0.05, 0) is 66.7 Å². The van der Waals surface area contributed by atoms with Crippen LogP contribution in [-0.2, 0) is 0 Å². The summed E-state index contributed by atoms with van der Waals surface area (Å²) in [6.07, 6.45) is 0. The number of hydrogen-bond acceptors (Lipinski definition) is 3. The van der Waals surface area contributed by atoms with Crippen molar-refractivity contribution >= 4 is 32.3 Å². The molecule has 3 nitrogen and oxygen atoms in total. The van der Waals surface area contributed by atoms with Gasteiger partial charge in [0.1, 0.15) is 0 Å². The number of hydrogen-bond donors (Lipinski definition) is 0. The van der Waals surface area contributed by atoms with Crippen molar-refractivity contribution in [2.45, 2.75) is 0 Å². The first-order valence-corrected chi connectivity index (χ1v) is 16.2. The van der Waals surface area contributed by atoms with Crippen LogP contribution in [0, 0.1) is 0 Å². The fraction of sp³-hybridized carbons (Fsp3) is 0. The largest absolute Gasteiger partial charge is 0.208 e. The maximum atomic E-state index is 5.10. The van der Waals surface area contributed by atoms with Gasteiger partial charge in [-0.25, -0.2) is 15.0 Å². The van der Waals surface area contributed by atoms with E-state index in [2.05, 4.69) is 140 Å². The van der Waals surface area contributed by atoms with Crippen LogP contribution in [0.15, 0.2) is 176 Å². The molecular weight excluding hydrogens is 583 g/mol. The molecule has 0 bridgehead atoms. The van der Waals surface area contributed by atoms with E-state index in [9.17, 15) is 0 Å². The summed E-state index contributed by atoms with van der Waals surface area (Å²) in [6.45, 7) is 0. The van der Waals surface area contributed by atoms with Crippen molar-refractivity contribution in [1.29, 1.82) is 0 Å². The molecule has 1 heterocycles. The number of aromatic nitrogens is 3. The second kappa shape index (κ2) is 11.7. The monoisotopic (exact) mass is 611 g/mol. The Bertz CT molecular complexity index is 2590. The van der Waals surface area contributed by atoms with Gasteiger partial charge in [-0.2, -0.15) is 0 Å². The first-order chi connectivity index (χ1) is 23.8. The molecule has 0 aliphatic rings. The highest BCUT2D eigenvalue weighted by atomic mass is 15.0. The van der Waals surface area contributed by atoms with Gasteiger partial charge >= 0.3 is 0 Å². The van der Waals surface area contributed by atoms with E-state index < -0.39 is 0 Å². The van der Waals surface area contributed by atoms with Crippen LogP contribution in [0.2, 0.25) is 0 Å². The van der Waals surface area contributed by atoms with Crippen LogP contribution in [0.4, 0.5) is 0 Å². The van der Waals surface area contributed by atoms with Crippen molar-refractivity contribution in [1.82, 2.24) is 15.0 Å². The van der Waals surface area contributed by atoms with Gasteiger partial charge in [-0.1, -0.05) is 164 Å². The van der Waals surface area contributed by atoms with Gasteiger partial charge in [-0.15, -0.1) is 0 Å². The van der Waals surface area contributed by atoms with E-state index in [1.165, 1.54) is 43.4 Å². The molecule has 224 valence electrons. The van der Waals surface area contributed by atoms with Crippen LogP contribution >= 0.6 is 0 Å². The highest BCUT2D eigenvalue weighted by molar-refractivity contribution is 6.17. The minimum atomic E-state index is 0.644. The lowest BCUT2D eigenvalue weighted by molar-refractivity contribution is 1.07. The summed E-state index contributed by atoms with van der Waals surface area (Å²) < 4.78 is 0. The van der Waals surface area contributed by atoms with Crippen LogP contribution < -0.4 is 0 Å². The van der Waals surface area contributed by atoms with Crippen molar-refractivity contribution in [2.24, 2.45) is 0 Å². The Balaban J connectivity index is 1.17. The Hall–Kier alpha value is -6.45. The fourth-order valence-electron chi connectivity index (χ4n) is 6.63. The zero-order chi connectivity index (χ0) is 31.9. The Morgan fingerprint density at radius 3 is 1.38 bits per heavy atom. The normalized spacial score (nSPS) is 11.3. The molecule has 0 aliphatic heterocycles. The molecule has 0 fully saturated rings. The Morgan fingerprint density at radius 2 is 0.667 bits per heavy atom. The maximum Gasteiger partial charge on any atom is 0.164 e. The van der Waals surface area contributed by atoms with E-state index in [-0.39, 0.29) is 0 Å². The molecule has 0 N–H and O–H groups in total. The molecule has 0 amide bonds. The summed E-state index contributed by atoms with van der Waals surface area (Å²) in [5.74, 6) is 1.94. The minimum Gasteiger partial charge on any atom is -0.208 e. The van der Waals surface area contributed by atoms with Gasteiger partial charge in [0.05, 0.1) is 0 Å². The maximum absolute atomic E-state index is 5.10. The van der Waals surface area contributed by atoms with Crippen molar-refractivity contribution in [3.63, 3.8) is 0 Å². The average Bonchev–Trinajstić information content (AvgIpc) is 3.18. The van der Waals surface area contributed by atoms with Gasteiger partial charge in [0.25, 0.3) is 0 Å². The van der Waals surface area contributed by atoms with Gasteiger partial charge in [0.15, 0.2) is 17.5 Å². The highest BCUT2D eigenvalue weighted by Gasteiger charge is 2.14. The van der Waals surface area contributed by atoms with Crippen LogP contribution in [0.1, 0.15) is 0 Å². The quantitative estimate of drug-likeness (QED) is 0.182. The summed E-state index contributed by atoms with van der Waals surface area (Å²) in [6, 6.07) is 61.7. The Morgan fingerprint density at radius 1 is 0.229 bits per heavy atom. The topological polar surface area (TPSA) is 38.7 Å². The van der Waals surface area contributed by atoms with Crippen molar-refractivity contribution in [2.75, 3.05) is 0 Å². The standard InChI is InChI=1S/C45H29N3/c1-3-10-30(11-4-1)31-18-20-32(21-19-31)36-15-9-16-37(28-36)44-46-43(35-13-5-2-6-14-35)47-45(48-44)38-23-22-34-25-26-40-39-17-8-7-12-33(39)24-27-41(40)42(34)29-38/h1-29H. The molecular formula is C45H29N3. The van der Waals surface area contributed by atoms with Crippen molar-refractivity contribution in [3.05, 3.63) is 176 Å². The van der Waals surface area contributed by atoms with Crippen LogP contribution in [0.25, 0.3) is 88.7 Å². The van der Waals surface area contributed by atoms with E-state index in [0.29, 0.717) is 17.5 Å². The zero-order valence-corrected chi connectivity index (χ0v) is 26.1. The second-order valence-corrected chi connectivity index (χ2v) is 12.1.